The molecule has 0 fully saturated rings. The summed E-state index contributed by atoms with van der Waals surface area (Å²) in [6, 6.07) is 21.4. The maximum Gasteiger partial charge on any atom is 0.293 e. The van der Waals surface area contributed by atoms with Gasteiger partial charge >= 0.3 is 0 Å². The van der Waals surface area contributed by atoms with E-state index in [2.05, 4.69) is 26.1 Å². The number of amides is 1. The van der Waals surface area contributed by atoms with Gasteiger partial charge in [0.15, 0.2) is 5.82 Å². The lowest BCUT2D eigenvalue weighted by atomic mass is 9.86. The van der Waals surface area contributed by atoms with Gasteiger partial charge in [-0.2, -0.15) is 0 Å². The zero-order chi connectivity index (χ0) is 28.5. The number of carbonyl (C=O) groups is 1. The Labute approximate surface area is 230 Å². The summed E-state index contributed by atoms with van der Waals surface area (Å²) in [5.74, 6) is 0.143. The lowest BCUT2D eigenvalue weighted by molar-refractivity contribution is 0.102. The molecule has 202 valence electrons. The Bertz CT molecular complexity index is 1560. The minimum atomic E-state index is -0.197. The van der Waals surface area contributed by atoms with Crippen molar-refractivity contribution in [2.24, 2.45) is 7.05 Å². The van der Waals surface area contributed by atoms with Gasteiger partial charge in [0.1, 0.15) is 0 Å². The third-order valence-electron chi connectivity index (χ3n) is 6.98. The van der Waals surface area contributed by atoms with Crippen molar-refractivity contribution in [3.8, 4) is 11.3 Å². The van der Waals surface area contributed by atoms with Crippen molar-refractivity contribution >= 4 is 28.8 Å². The summed E-state index contributed by atoms with van der Waals surface area (Å²) in [5.41, 5.74) is 6.52. The van der Waals surface area contributed by atoms with Crippen LogP contribution in [0.15, 0.2) is 77.7 Å². The fourth-order valence-corrected chi connectivity index (χ4v) is 4.41. The monoisotopic (exact) mass is 523 g/mol. The molecule has 0 saturated carbocycles. The predicted molar refractivity (Wildman–Crippen MR) is 162 cm³/mol. The molecule has 7 nitrogen and oxygen atoms in total. The van der Waals surface area contributed by atoms with Gasteiger partial charge in [-0.25, -0.2) is 4.98 Å². The molecule has 4 aromatic rings. The second-order valence-electron chi connectivity index (χ2n) is 11.1. The molecule has 0 saturated heterocycles. The second-order valence-corrected chi connectivity index (χ2v) is 11.1. The second kappa shape index (κ2) is 10.8. The van der Waals surface area contributed by atoms with Crippen molar-refractivity contribution < 1.29 is 4.79 Å². The maximum absolute atomic E-state index is 13.1. The van der Waals surface area contributed by atoms with Crippen LogP contribution in [0.5, 0.6) is 0 Å². The molecule has 0 atom stereocenters. The molecule has 0 aliphatic rings. The molecule has 39 heavy (non-hydrogen) atoms. The summed E-state index contributed by atoms with van der Waals surface area (Å²) in [6.07, 6.45) is 1.73. The first-order chi connectivity index (χ1) is 18.4. The van der Waals surface area contributed by atoms with Gasteiger partial charge in [-0.15, -0.1) is 0 Å². The van der Waals surface area contributed by atoms with E-state index in [9.17, 15) is 9.59 Å². The number of hydrogen-bond acceptors (Lipinski definition) is 5. The van der Waals surface area contributed by atoms with E-state index in [1.54, 1.807) is 22.7 Å². The first kappa shape index (κ1) is 27.6. The van der Waals surface area contributed by atoms with Crippen LogP contribution in [-0.2, 0) is 12.5 Å². The average Bonchev–Trinajstić information content (AvgIpc) is 2.90. The summed E-state index contributed by atoms with van der Waals surface area (Å²) in [7, 11) is 7.53. The topological polar surface area (TPSA) is 70.5 Å². The van der Waals surface area contributed by atoms with Crippen LogP contribution in [0.4, 0.5) is 22.9 Å². The highest BCUT2D eigenvalue weighted by molar-refractivity contribution is 6.05. The van der Waals surface area contributed by atoms with Crippen LogP contribution in [0.25, 0.3) is 11.3 Å². The Morgan fingerprint density at radius 1 is 0.923 bits per heavy atom. The molecule has 0 unspecified atom stereocenters. The first-order valence-corrected chi connectivity index (χ1v) is 13.0. The van der Waals surface area contributed by atoms with Crippen molar-refractivity contribution in [1.82, 2.24) is 9.55 Å². The van der Waals surface area contributed by atoms with Crippen LogP contribution >= 0.6 is 0 Å². The molecule has 1 N–H and O–H groups in total. The highest BCUT2D eigenvalue weighted by Gasteiger charge is 2.18. The van der Waals surface area contributed by atoms with E-state index in [0.29, 0.717) is 22.8 Å². The van der Waals surface area contributed by atoms with Crippen molar-refractivity contribution in [2.75, 3.05) is 36.3 Å². The van der Waals surface area contributed by atoms with E-state index >= 15 is 0 Å². The molecule has 1 amide bonds. The van der Waals surface area contributed by atoms with Gasteiger partial charge in [0.25, 0.3) is 11.5 Å². The molecule has 1 heterocycles. The summed E-state index contributed by atoms with van der Waals surface area (Å²) in [4.78, 5) is 34.8. The quantitative estimate of drug-likeness (QED) is 0.329. The first-order valence-electron chi connectivity index (χ1n) is 13.0. The third kappa shape index (κ3) is 5.87. The van der Waals surface area contributed by atoms with Gasteiger partial charge in [0.2, 0.25) is 0 Å². The fourth-order valence-electron chi connectivity index (χ4n) is 4.41. The number of nitrogens with zero attached hydrogens (tertiary/aromatic N) is 4. The molecule has 0 spiro atoms. The molecule has 0 aliphatic heterocycles. The Hall–Kier alpha value is -4.39. The Morgan fingerprint density at radius 2 is 1.56 bits per heavy atom. The van der Waals surface area contributed by atoms with Gasteiger partial charge in [-0.3, -0.25) is 9.59 Å². The van der Waals surface area contributed by atoms with Crippen LogP contribution in [0.3, 0.4) is 0 Å². The van der Waals surface area contributed by atoms with Crippen LogP contribution in [-0.4, -0.2) is 36.6 Å². The molecule has 4 rings (SSSR count). The summed E-state index contributed by atoms with van der Waals surface area (Å²) >= 11 is 0. The molecule has 0 aliphatic carbocycles. The molecule has 0 bridgehead atoms. The Balaban J connectivity index is 1.67. The lowest BCUT2D eigenvalue weighted by Gasteiger charge is -2.22. The standard InChI is InChI=1S/C32H37N5O2/c1-21-26(13-10-14-27(21)34-30(38)22-15-17-23(18-16-22)32(2,3)4)28-20-36(7)31(39)29(33-28)37(8)25-12-9-11-24(19-25)35(5)6/h9-20H,1-8H3,(H,34,38). The van der Waals surface area contributed by atoms with E-state index in [1.165, 1.54) is 5.56 Å². The number of nitrogens with one attached hydrogen (secondary N) is 1. The average molecular weight is 524 g/mol. The zero-order valence-corrected chi connectivity index (χ0v) is 24.0. The van der Waals surface area contributed by atoms with Crippen molar-refractivity contribution in [3.63, 3.8) is 0 Å². The highest BCUT2D eigenvalue weighted by Crippen LogP contribution is 2.30. The van der Waals surface area contributed by atoms with Crippen molar-refractivity contribution in [3.05, 3.63) is 100.0 Å². The van der Waals surface area contributed by atoms with E-state index in [4.69, 9.17) is 4.98 Å². The number of rotatable bonds is 6. The number of benzene rings is 3. The van der Waals surface area contributed by atoms with Crippen LogP contribution in [0.2, 0.25) is 0 Å². The summed E-state index contributed by atoms with van der Waals surface area (Å²) in [6.45, 7) is 8.39. The number of anilines is 4. The summed E-state index contributed by atoms with van der Waals surface area (Å²) < 4.78 is 1.55. The van der Waals surface area contributed by atoms with Crippen LogP contribution < -0.4 is 20.7 Å². The third-order valence-corrected chi connectivity index (χ3v) is 6.98. The molecular formula is C32H37N5O2. The number of carbonyl (C=O) groups excluding carboxylic acids is 1. The molecule has 0 radical (unpaired) electrons. The number of aromatic nitrogens is 2. The zero-order valence-electron chi connectivity index (χ0n) is 24.0. The molecule has 7 heteroatoms. The lowest BCUT2D eigenvalue weighted by Crippen LogP contribution is -2.27. The van der Waals surface area contributed by atoms with E-state index in [-0.39, 0.29) is 16.9 Å². The SMILES string of the molecule is Cc1c(NC(=O)c2ccc(C(C)(C)C)cc2)cccc1-c1cn(C)c(=O)c(N(C)c2cccc(N(C)C)c2)n1. The van der Waals surface area contributed by atoms with E-state index in [0.717, 1.165) is 22.5 Å². The molecular weight excluding hydrogens is 486 g/mol. The minimum absolute atomic E-state index is 0.0186. The Morgan fingerprint density at radius 3 is 2.21 bits per heavy atom. The molecule has 1 aromatic heterocycles. The van der Waals surface area contributed by atoms with Gasteiger partial charge < -0.3 is 19.7 Å². The van der Waals surface area contributed by atoms with E-state index < -0.39 is 0 Å². The van der Waals surface area contributed by atoms with Gasteiger partial charge in [-0.05, 0) is 59.9 Å². The molecule has 3 aromatic carbocycles. The van der Waals surface area contributed by atoms with Gasteiger partial charge in [0, 0.05) is 62.6 Å². The van der Waals surface area contributed by atoms with Gasteiger partial charge in [0.05, 0.1) is 5.69 Å². The van der Waals surface area contributed by atoms with Crippen molar-refractivity contribution in [1.29, 1.82) is 0 Å². The van der Waals surface area contributed by atoms with Crippen LogP contribution in [0, 0.1) is 6.92 Å². The number of aryl methyl sites for hydroxylation is 1. The van der Waals surface area contributed by atoms with Gasteiger partial charge in [-0.1, -0.05) is 51.1 Å². The summed E-state index contributed by atoms with van der Waals surface area (Å²) in [5, 5.41) is 3.05. The van der Waals surface area contributed by atoms with Crippen LogP contribution in [0.1, 0.15) is 42.3 Å². The number of hydrogen-bond donors (Lipinski definition) is 1. The normalized spacial score (nSPS) is 11.3. The minimum Gasteiger partial charge on any atom is -0.378 e. The van der Waals surface area contributed by atoms with E-state index in [1.807, 2.05) is 99.7 Å². The predicted octanol–water partition coefficient (Wildman–Crippen LogP) is 6.14. The smallest absolute Gasteiger partial charge is 0.293 e. The fraction of sp³-hybridized carbons (Fsp3) is 0.281. The largest absolute Gasteiger partial charge is 0.378 e. The van der Waals surface area contributed by atoms with Crippen molar-refractivity contribution in [2.45, 2.75) is 33.1 Å². The maximum atomic E-state index is 13.1. The Kier molecular flexibility index (Phi) is 7.63. The highest BCUT2D eigenvalue weighted by atomic mass is 16.1.